The van der Waals surface area contributed by atoms with Gasteiger partial charge in [0.05, 0.1) is 25.3 Å². The molecule has 0 radical (unpaired) electrons. The number of ketones is 2. The van der Waals surface area contributed by atoms with Crippen LogP contribution in [-0.4, -0.2) is 64.1 Å². The van der Waals surface area contributed by atoms with Crippen molar-refractivity contribution in [2.45, 2.75) is 45.6 Å². The molecule has 1 unspecified atom stereocenters. The first-order chi connectivity index (χ1) is 22.4. The number of nitrogens with zero attached hydrogens (tertiary/aromatic N) is 3. The fraction of sp³-hybridized carbons (Fsp3) is 0.333. The van der Waals surface area contributed by atoms with Crippen molar-refractivity contribution < 1.29 is 23.9 Å². The molecule has 10 heteroatoms. The summed E-state index contributed by atoms with van der Waals surface area (Å²) in [5.41, 5.74) is 1.59. The van der Waals surface area contributed by atoms with E-state index in [9.17, 15) is 24.0 Å². The minimum Gasteiger partial charge on any atom is -0.381 e. The first-order valence-corrected chi connectivity index (χ1v) is 15.7. The summed E-state index contributed by atoms with van der Waals surface area (Å²) >= 11 is 0. The van der Waals surface area contributed by atoms with E-state index in [-0.39, 0.29) is 48.6 Å². The van der Waals surface area contributed by atoms with Crippen LogP contribution in [-0.2, 0) is 30.5 Å². The van der Waals surface area contributed by atoms with Crippen molar-refractivity contribution in [1.29, 1.82) is 0 Å². The van der Waals surface area contributed by atoms with E-state index in [1.807, 2.05) is 36.4 Å². The Kier molecular flexibility index (Phi) is 10.8. The second-order valence-electron chi connectivity index (χ2n) is 11.5. The number of carbonyl (C=O) groups excluding carboxylic acids is 4. The highest BCUT2D eigenvalue weighted by Gasteiger charge is 2.29. The monoisotopic (exact) mass is 622 g/mol. The van der Waals surface area contributed by atoms with Crippen LogP contribution in [0, 0.1) is 5.92 Å². The smallest absolute Gasteiger partial charge is 0.278 e. The number of allylic oxidation sites excluding steroid dienone is 3. The minimum absolute atomic E-state index is 0.0360. The predicted octanol–water partition coefficient (Wildman–Crippen LogP) is 4.46. The van der Waals surface area contributed by atoms with Gasteiger partial charge in [-0.25, -0.2) is 4.98 Å². The molecule has 0 bridgehead atoms. The quantitative estimate of drug-likeness (QED) is 0.169. The molecule has 1 aliphatic carbocycles. The van der Waals surface area contributed by atoms with Crippen LogP contribution in [0.3, 0.4) is 0 Å². The zero-order valence-electron chi connectivity index (χ0n) is 25.9. The van der Waals surface area contributed by atoms with Gasteiger partial charge in [0, 0.05) is 24.3 Å². The Morgan fingerprint density at radius 1 is 0.957 bits per heavy atom. The van der Waals surface area contributed by atoms with Gasteiger partial charge in [-0.05, 0) is 36.1 Å². The van der Waals surface area contributed by atoms with Crippen LogP contribution in [0.2, 0.25) is 0 Å². The topological polar surface area (TPSA) is 128 Å². The Morgan fingerprint density at radius 3 is 2.35 bits per heavy atom. The SMILES string of the molecule is CCCCCCN(CC1=C(c2ccccc2)C=CC(=O)C1=O)C(=O)Cn1c(-c2ccccc2)ncc(NC(=O)C2CCOC2)c1=O. The number of aromatic nitrogens is 2. The van der Waals surface area contributed by atoms with E-state index < -0.39 is 23.0 Å². The van der Waals surface area contributed by atoms with E-state index in [1.165, 1.54) is 16.8 Å². The Labute approximate surface area is 267 Å². The molecule has 0 spiro atoms. The number of amides is 2. The summed E-state index contributed by atoms with van der Waals surface area (Å²) in [4.78, 5) is 72.7. The van der Waals surface area contributed by atoms with Crippen molar-refractivity contribution in [3.8, 4) is 11.4 Å². The van der Waals surface area contributed by atoms with Crippen molar-refractivity contribution in [2.24, 2.45) is 5.92 Å². The summed E-state index contributed by atoms with van der Waals surface area (Å²) in [6.07, 6.45) is 8.30. The van der Waals surface area contributed by atoms with Gasteiger partial charge in [-0.1, -0.05) is 86.8 Å². The summed E-state index contributed by atoms with van der Waals surface area (Å²) in [6.45, 7) is 2.70. The molecule has 3 aromatic rings. The first kappa shape index (κ1) is 32.4. The maximum atomic E-state index is 14.2. The van der Waals surface area contributed by atoms with E-state index in [0.717, 1.165) is 24.8 Å². The second kappa shape index (κ2) is 15.4. The van der Waals surface area contributed by atoms with Crippen molar-refractivity contribution in [3.05, 3.63) is 101 Å². The zero-order chi connectivity index (χ0) is 32.5. The van der Waals surface area contributed by atoms with Gasteiger partial charge >= 0.3 is 0 Å². The number of rotatable bonds is 13. The number of nitrogens with one attached hydrogen (secondary N) is 1. The highest BCUT2D eigenvalue weighted by atomic mass is 16.5. The van der Waals surface area contributed by atoms with Gasteiger partial charge < -0.3 is 15.0 Å². The van der Waals surface area contributed by atoms with Crippen LogP contribution in [0.15, 0.2) is 89.4 Å². The minimum atomic E-state index is -0.655. The third kappa shape index (κ3) is 7.63. The molecule has 1 N–H and O–H groups in total. The molecule has 1 atom stereocenters. The largest absolute Gasteiger partial charge is 0.381 e. The van der Waals surface area contributed by atoms with E-state index in [2.05, 4.69) is 17.2 Å². The fourth-order valence-electron chi connectivity index (χ4n) is 5.62. The van der Waals surface area contributed by atoms with Crippen molar-refractivity contribution in [2.75, 3.05) is 31.6 Å². The van der Waals surface area contributed by atoms with Crippen LogP contribution in [0.5, 0.6) is 0 Å². The van der Waals surface area contributed by atoms with E-state index in [0.29, 0.717) is 37.1 Å². The Bertz CT molecular complexity index is 1710. The maximum Gasteiger partial charge on any atom is 0.278 e. The normalized spacial score (nSPS) is 16.2. The molecule has 2 heterocycles. The van der Waals surface area contributed by atoms with Crippen molar-refractivity contribution in [3.63, 3.8) is 0 Å². The molecule has 46 heavy (non-hydrogen) atoms. The van der Waals surface area contributed by atoms with Crippen LogP contribution in [0.4, 0.5) is 5.69 Å². The number of hydrogen-bond donors (Lipinski definition) is 1. The van der Waals surface area contributed by atoms with Gasteiger partial charge in [0.1, 0.15) is 18.1 Å². The summed E-state index contributed by atoms with van der Waals surface area (Å²) in [5, 5.41) is 2.69. The van der Waals surface area contributed by atoms with Gasteiger partial charge in [0.25, 0.3) is 5.56 Å². The molecule has 1 fully saturated rings. The molecule has 2 aliphatic rings. The molecule has 10 nitrogen and oxygen atoms in total. The first-order valence-electron chi connectivity index (χ1n) is 15.7. The molecule has 238 valence electrons. The number of hydrogen-bond acceptors (Lipinski definition) is 7. The molecule has 2 aromatic carbocycles. The Morgan fingerprint density at radius 2 is 1.67 bits per heavy atom. The van der Waals surface area contributed by atoms with Crippen LogP contribution in [0.25, 0.3) is 17.0 Å². The molecule has 0 saturated carbocycles. The van der Waals surface area contributed by atoms with Crippen molar-refractivity contribution >= 4 is 34.6 Å². The average molecular weight is 623 g/mol. The van der Waals surface area contributed by atoms with Gasteiger partial charge in [-0.2, -0.15) is 0 Å². The van der Waals surface area contributed by atoms with Gasteiger partial charge in [0.15, 0.2) is 0 Å². The Balaban J connectivity index is 1.50. The molecule has 1 aromatic heterocycles. The standard InChI is InChI=1S/C36H38N4O6/c1-2-3-4-11-19-39(22-29-28(16-17-31(41)33(29)43)25-12-7-5-8-13-25)32(42)23-40-34(26-14-9-6-10-15-26)37-21-30(36(40)45)38-35(44)27-18-20-46-24-27/h5-10,12-17,21,27H,2-4,11,18-20,22-24H2,1H3,(H,38,44). The molecule has 1 aliphatic heterocycles. The number of unbranched alkanes of at least 4 members (excludes halogenated alkanes) is 3. The number of Topliss-reactive ketones (excluding diaryl/α,β-unsaturated/α-hetero) is 1. The second-order valence-corrected chi connectivity index (χ2v) is 11.5. The van der Waals surface area contributed by atoms with Gasteiger partial charge in [-0.3, -0.25) is 28.5 Å². The van der Waals surface area contributed by atoms with E-state index in [1.54, 1.807) is 35.2 Å². The Hall–Kier alpha value is -4.96. The summed E-state index contributed by atoms with van der Waals surface area (Å²) in [7, 11) is 0. The number of benzene rings is 2. The van der Waals surface area contributed by atoms with E-state index >= 15 is 0 Å². The highest BCUT2D eigenvalue weighted by molar-refractivity contribution is 6.50. The lowest BCUT2D eigenvalue weighted by molar-refractivity contribution is -0.133. The molecular formula is C36H38N4O6. The summed E-state index contributed by atoms with van der Waals surface area (Å²) in [6, 6.07) is 18.3. The summed E-state index contributed by atoms with van der Waals surface area (Å²) < 4.78 is 6.58. The molecule has 2 amide bonds. The maximum absolute atomic E-state index is 14.2. The molecule has 1 saturated heterocycles. The lowest BCUT2D eigenvalue weighted by atomic mass is 9.90. The lowest BCUT2D eigenvalue weighted by Crippen LogP contribution is -2.41. The van der Waals surface area contributed by atoms with E-state index in [4.69, 9.17) is 4.74 Å². The molecule has 5 rings (SSSR count). The highest BCUT2D eigenvalue weighted by Crippen LogP contribution is 2.26. The third-order valence-corrected chi connectivity index (χ3v) is 8.22. The van der Waals surface area contributed by atoms with Crippen LogP contribution in [0.1, 0.15) is 44.6 Å². The zero-order valence-corrected chi connectivity index (χ0v) is 25.9. The third-order valence-electron chi connectivity index (χ3n) is 8.22. The van der Waals surface area contributed by atoms with Gasteiger partial charge in [0.2, 0.25) is 23.4 Å². The van der Waals surface area contributed by atoms with Crippen molar-refractivity contribution in [1.82, 2.24) is 14.5 Å². The van der Waals surface area contributed by atoms with Gasteiger partial charge in [-0.15, -0.1) is 0 Å². The van der Waals surface area contributed by atoms with Crippen LogP contribution < -0.4 is 10.9 Å². The average Bonchev–Trinajstić information content (AvgIpc) is 3.63. The fourth-order valence-corrected chi connectivity index (χ4v) is 5.62. The number of ether oxygens (including phenoxy) is 1. The number of anilines is 1. The summed E-state index contributed by atoms with van der Waals surface area (Å²) in [5.74, 6) is -2.16. The predicted molar refractivity (Wildman–Crippen MR) is 175 cm³/mol. The lowest BCUT2D eigenvalue weighted by Gasteiger charge is -2.26. The van der Waals surface area contributed by atoms with Crippen LogP contribution >= 0.6 is 0 Å². The molecular weight excluding hydrogens is 584 g/mol. The number of carbonyl (C=O) groups is 4.